The zero-order valence-electron chi connectivity index (χ0n) is 62.1. The average Bonchev–Trinajstić information content (AvgIpc) is 1.75. The van der Waals surface area contributed by atoms with Crippen LogP contribution in [0.15, 0.2) is 303 Å². The van der Waals surface area contributed by atoms with Crippen LogP contribution in [0.4, 0.5) is 0 Å². The third-order valence-corrected chi connectivity index (χ3v) is 22.3. The van der Waals surface area contributed by atoms with Crippen LogP contribution in [0, 0.1) is 63.6 Å². The molecule has 5 fully saturated rings. The first kappa shape index (κ1) is 80.5. The lowest BCUT2D eigenvalue weighted by Crippen LogP contribution is -2.49. The number of primary amides is 2. The van der Waals surface area contributed by atoms with Gasteiger partial charge in [0.15, 0.2) is 0 Å². The Labute approximate surface area is 637 Å². The number of likely N-dealkylation sites (tertiary alicyclic amines) is 3. The lowest BCUT2D eigenvalue weighted by atomic mass is 9.64. The average molecular weight is 1420 g/mol. The SMILES string of the molecule is C.CC1CCN(C)C1.CN1CCC(C(C#N)(c2ccccc2)c2ccccc2)C1.CN1CCC(C(C(N)=O)(c2ccccc2)c2ccccc2)C1.N#CC(c1ccccc1)(c1ccccc1)C1CCNC1.N#CC(c1ccccc1)c1ccccc1.NC(=O)C(c1ccccc1)(c1ccccc1)C1CCNC1. The molecule has 10 aromatic carbocycles. The zero-order valence-corrected chi connectivity index (χ0v) is 62.1. The van der Waals surface area contributed by atoms with Gasteiger partial charge in [-0.3, -0.25) is 9.59 Å². The monoisotopic (exact) mass is 1420 g/mol. The van der Waals surface area contributed by atoms with E-state index < -0.39 is 21.7 Å². The first-order valence-corrected chi connectivity index (χ1v) is 37.6. The zero-order chi connectivity index (χ0) is 74.6. The van der Waals surface area contributed by atoms with Gasteiger partial charge in [0, 0.05) is 26.2 Å². The predicted molar refractivity (Wildman–Crippen MR) is 436 cm³/mol. The van der Waals surface area contributed by atoms with E-state index in [1.165, 1.54) is 19.5 Å². The summed E-state index contributed by atoms with van der Waals surface area (Å²) in [5.41, 5.74) is 19.8. The molecule has 0 aromatic heterocycles. The number of hydrogen-bond acceptors (Lipinski definition) is 10. The fourth-order valence-electron chi connectivity index (χ4n) is 17.0. The fraction of sp³-hybridized carbons (Fsp3) is 0.316. The number of nitrogens with two attached hydrogens (primary N) is 2. The third-order valence-electron chi connectivity index (χ3n) is 22.3. The normalized spacial score (nSPS) is 18.5. The Bertz CT molecular complexity index is 4170. The number of carbonyl (C=O) groups excluding carboxylic acids is 2. The highest BCUT2D eigenvalue weighted by Crippen LogP contribution is 2.47. The maximum atomic E-state index is 12.7. The minimum atomic E-state index is -0.758. The number of nitrogens with zero attached hydrogens (tertiary/aromatic N) is 6. The van der Waals surface area contributed by atoms with E-state index in [2.05, 4.69) is 120 Å². The van der Waals surface area contributed by atoms with Crippen molar-refractivity contribution in [3.63, 3.8) is 0 Å². The molecule has 6 N–H and O–H groups in total. The van der Waals surface area contributed by atoms with Crippen molar-refractivity contribution in [2.45, 2.75) is 74.0 Å². The number of amides is 2. The van der Waals surface area contributed by atoms with Crippen molar-refractivity contribution < 1.29 is 9.59 Å². The molecule has 5 heterocycles. The lowest BCUT2D eigenvalue weighted by Gasteiger charge is -2.37. The standard InChI is InChI=1S/C19H22N2O.C19H20N2.C18H20N2O.C18H18N2.C14H11N.C6H13N.CH4/c1-21-13-12-17(14-21)19(18(20)22,15-8-4-2-5-9-15)16-10-6-3-7-11-16;1-21-13-12-18(14-21)19(15-20,16-8-4-2-5-9-16)17-10-6-3-7-11-17;19-17(21)18(16-11-12-20-13-16,14-7-3-1-4-8-14)15-9-5-2-6-10-15;19-14-18(17-11-12-20-13-17,15-7-3-1-4-8-15)16-9-5-2-6-10-16;15-11-14(12-7-3-1-4-8-12)13-9-5-2-6-10-13;1-6-3-4-7(2)5-6;/h2-11,17H,12-14H2,1H3,(H2,20,22);2-11,18H,12-14H2,1H3;1-10,16,20H,11-13H2,(H2,19,21);1-10,17,20H,11-13H2;1-10,14H;6H,3-5H2,1-2H3;1H4. The molecule has 0 bridgehead atoms. The molecular formula is C95H108N10O2. The van der Waals surface area contributed by atoms with E-state index in [4.69, 9.17) is 11.5 Å². The molecule has 2 amide bonds. The Kier molecular flexibility index (Phi) is 29.8. The number of rotatable bonds is 16. The minimum absolute atomic E-state index is 0. The summed E-state index contributed by atoms with van der Waals surface area (Å²) in [7, 11) is 6.42. The van der Waals surface area contributed by atoms with Crippen LogP contribution in [0.2, 0.25) is 0 Å². The van der Waals surface area contributed by atoms with Gasteiger partial charge in [-0.25, -0.2) is 0 Å². The molecule has 10 aromatic rings. The highest BCUT2D eigenvalue weighted by Gasteiger charge is 2.51. The molecular weight excluding hydrogens is 1310 g/mol. The predicted octanol–water partition coefficient (Wildman–Crippen LogP) is 16.0. The van der Waals surface area contributed by atoms with Gasteiger partial charge in [0.1, 0.15) is 21.7 Å². The molecule has 5 saturated heterocycles. The van der Waals surface area contributed by atoms with Gasteiger partial charge < -0.3 is 36.8 Å². The van der Waals surface area contributed by atoms with Crippen molar-refractivity contribution in [3.05, 3.63) is 359 Å². The van der Waals surface area contributed by atoms with Crippen LogP contribution in [-0.4, -0.2) is 113 Å². The molecule has 15 rings (SSSR count). The highest BCUT2D eigenvalue weighted by molar-refractivity contribution is 5.92. The number of nitriles is 3. The number of carbonyl (C=O) groups is 2. The van der Waals surface area contributed by atoms with Crippen LogP contribution in [-0.2, 0) is 31.2 Å². The van der Waals surface area contributed by atoms with Crippen molar-refractivity contribution in [2.24, 2.45) is 41.1 Å². The molecule has 0 aliphatic carbocycles. The van der Waals surface area contributed by atoms with Gasteiger partial charge in [-0.15, -0.1) is 0 Å². The van der Waals surface area contributed by atoms with Crippen molar-refractivity contribution in [3.8, 4) is 18.2 Å². The Morgan fingerprint density at radius 1 is 0.364 bits per heavy atom. The lowest BCUT2D eigenvalue weighted by molar-refractivity contribution is -0.124. The summed E-state index contributed by atoms with van der Waals surface area (Å²) in [5.74, 6) is 1.28. The Balaban J connectivity index is 0.000000151. The van der Waals surface area contributed by atoms with Gasteiger partial charge in [0.05, 0.1) is 24.1 Å². The smallest absolute Gasteiger partial charge is 0.232 e. The summed E-state index contributed by atoms with van der Waals surface area (Å²) in [6, 6.07) is 108. The van der Waals surface area contributed by atoms with Crippen molar-refractivity contribution >= 4 is 11.8 Å². The summed E-state index contributed by atoms with van der Waals surface area (Å²) in [6.45, 7) is 12.5. The molecule has 5 aliphatic heterocycles. The second kappa shape index (κ2) is 39.7. The highest BCUT2D eigenvalue weighted by atomic mass is 16.2. The van der Waals surface area contributed by atoms with Crippen LogP contribution >= 0.6 is 0 Å². The van der Waals surface area contributed by atoms with Crippen LogP contribution in [0.1, 0.15) is 108 Å². The van der Waals surface area contributed by atoms with Crippen molar-refractivity contribution in [1.29, 1.82) is 15.8 Å². The van der Waals surface area contributed by atoms with Gasteiger partial charge in [0.25, 0.3) is 0 Å². The number of nitrogens with one attached hydrogen (secondary N) is 2. The second-order valence-electron chi connectivity index (χ2n) is 29.0. The molecule has 0 saturated carbocycles. The van der Waals surface area contributed by atoms with Crippen LogP contribution in [0.3, 0.4) is 0 Å². The molecule has 5 unspecified atom stereocenters. The molecule has 107 heavy (non-hydrogen) atoms. The van der Waals surface area contributed by atoms with Gasteiger partial charge in [-0.1, -0.05) is 318 Å². The largest absolute Gasteiger partial charge is 0.369 e. The number of benzene rings is 10. The molecule has 5 atom stereocenters. The molecule has 0 spiro atoms. The summed E-state index contributed by atoms with van der Waals surface area (Å²) in [6.07, 6.45) is 5.43. The molecule has 12 nitrogen and oxygen atoms in total. The van der Waals surface area contributed by atoms with Crippen LogP contribution < -0.4 is 22.1 Å². The van der Waals surface area contributed by atoms with E-state index in [1.54, 1.807) is 0 Å². The molecule has 550 valence electrons. The van der Waals surface area contributed by atoms with Crippen LogP contribution in [0.5, 0.6) is 0 Å². The van der Waals surface area contributed by atoms with Crippen LogP contribution in [0.25, 0.3) is 0 Å². The quantitative estimate of drug-likeness (QED) is 0.0724. The van der Waals surface area contributed by atoms with E-state index in [9.17, 15) is 25.4 Å². The van der Waals surface area contributed by atoms with E-state index in [-0.39, 0.29) is 37.0 Å². The Morgan fingerprint density at radius 3 is 0.860 bits per heavy atom. The topological polar surface area (TPSA) is 191 Å². The van der Waals surface area contributed by atoms with Gasteiger partial charge in [-0.05, 0) is 178 Å². The Morgan fingerprint density at radius 2 is 0.626 bits per heavy atom. The summed E-state index contributed by atoms with van der Waals surface area (Å²) < 4.78 is 0. The van der Waals surface area contributed by atoms with E-state index in [0.717, 1.165) is 140 Å². The first-order valence-electron chi connectivity index (χ1n) is 37.6. The second-order valence-corrected chi connectivity index (χ2v) is 29.0. The summed E-state index contributed by atoms with van der Waals surface area (Å²) in [4.78, 5) is 32.3. The van der Waals surface area contributed by atoms with Crippen molar-refractivity contribution in [1.82, 2.24) is 25.3 Å². The fourth-order valence-corrected chi connectivity index (χ4v) is 17.0. The van der Waals surface area contributed by atoms with Gasteiger partial charge >= 0.3 is 0 Å². The first-order chi connectivity index (χ1) is 51.8. The maximum Gasteiger partial charge on any atom is 0.232 e. The molecule has 5 aliphatic rings. The van der Waals surface area contributed by atoms with E-state index in [1.807, 2.05) is 255 Å². The molecule has 0 radical (unpaired) electrons. The summed E-state index contributed by atoms with van der Waals surface area (Å²) >= 11 is 0. The van der Waals surface area contributed by atoms with E-state index in [0.29, 0.717) is 11.8 Å². The van der Waals surface area contributed by atoms with Gasteiger partial charge in [0.2, 0.25) is 11.8 Å². The molecule has 12 heteroatoms. The van der Waals surface area contributed by atoms with Crippen molar-refractivity contribution in [2.75, 3.05) is 86.6 Å². The van der Waals surface area contributed by atoms with E-state index >= 15 is 0 Å². The maximum absolute atomic E-state index is 12.7. The van der Waals surface area contributed by atoms with Gasteiger partial charge in [-0.2, -0.15) is 15.8 Å². The third kappa shape index (κ3) is 18.8. The number of hydrogen-bond donors (Lipinski definition) is 4. The Hall–Kier alpha value is -10.6. The minimum Gasteiger partial charge on any atom is -0.369 e. The summed E-state index contributed by atoms with van der Waals surface area (Å²) in [5, 5.41) is 36.2.